The molecule has 3 N–H and O–H groups in total. The lowest BCUT2D eigenvalue weighted by atomic mass is 9.75. The summed E-state index contributed by atoms with van der Waals surface area (Å²) in [5, 5.41) is 10.8. The zero-order chi connectivity index (χ0) is 12.6. The maximum atomic E-state index is 10.8. The topological polar surface area (TPSA) is 46.2 Å². The molecule has 1 saturated carbocycles. The van der Waals surface area contributed by atoms with Crippen LogP contribution in [0.2, 0.25) is 0 Å². The van der Waals surface area contributed by atoms with E-state index in [9.17, 15) is 5.11 Å². The van der Waals surface area contributed by atoms with Gasteiger partial charge in [-0.15, -0.1) is 0 Å². The molecular formula is C15H23NO. The molecule has 0 aliphatic heterocycles. The van der Waals surface area contributed by atoms with Gasteiger partial charge in [0.2, 0.25) is 0 Å². The van der Waals surface area contributed by atoms with Crippen molar-refractivity contribution in [2.45, 2.75) is 58.1 Å². The molecule has 2 heteroatoms. The summed E-state index contributed by atoms with van der Waals surface area (Å²) in [6.07, 6.45) is 3.58. The van der Waals surface area contributed by atoms with Crippen LogP contribution in [0.15, 0.2) is 12.1 Å². The van der Waals surface area contributed by atoms with Gasteiger partial charge in [0.15, 0.2) is 0 Å². The van der Waals surface area contributed by atoms with Crippen LogP contribution < -0.4 is 5.73 Å². The number of benzene rings is 1. The van der Waals surface area contributed by atoms with E-state index >= 15 is 0 Å². The number of hydrogen-bond acceptors (Lipinski definition) is 2. The van der Waals surface area contributed by atoms with Gasteiger partial charge in [-0.3, -0.25) is 0 Å². The smallest absolute Gasteiger partial charge is 0.0914 e. The summed E-state index contributed by atoms with van der Waals surface area (Å²) in [6, 6.07) is 4.45. The molecule has 0 amide bonds. The summed E-state index contributed by atoms with van der Waals surface area (Å²) in [7, 11) is 0. The van der Waals surface area contributed by atoms with E-state index in [0.717, 1.165) is 24.8 Å². The molecule has 0 radical (unpaired) electrons. The van der Waals surface area contributed by atoms with Crippen LogP contribution >= 0.6 is 0 Å². The van der Waals surface area contributed by atoms with Gasteiger partial charge in [0.05, 0.1) is 5.60 Å². The number of aryl methyl sites for hydroxylation is 3. The Morgan fingerprint density at radius 3 is 2.47 bits per heavy atom. The Hall–Kier alpha value is -0.860. The van der Waals surface area contributed by atoms with Gasteiger partial charge in [-0.1, -0.05) is 12.1 Å². The maximum Gasteiger partial charge on any atom is 0.0914 e. The molecule has 1 aliphatic carbocycles. The third-order valence-corrected chi connectivity index (χ3v) is 4.11. The van der Waals surface area contributed by atoms with Crippen molar-refractivity contribution in [1.29, 1.82) is 0 Å². The summed E-state index contributed by atoms with van der Waals surface area (Å²) in [6.45, 7) is 6.30. The average Bonchev–Trinajstić information content (AvgIpc) is 2.23. The van der Waals surface area contributed by atoms with E-state index < -0.39 is 5.60 Å². The minimum Gasteiger partial charge on any atom is -0.385 e. The van der Waals surface area contributed by atoms with Crippen molar-refractivity contribution in [1.82, 2.24) is 0 Å². The molecular weight excluding hydrogens is 210 g/mol. The normalized spacial score (nSPS) is 29.4. The fourth-order valence-corrected chi connectivity index (χ4v) is 3.00. The Labute approximate surface area is 104 Å². The van der Waals surface area contributed by atoms with Gasteiger partial charge in [0.1, 0.15) is 0 Å². The zero-order valence-electron chi connectivity index (χ0n) is 11.1. The second kappa shape index (κ2) is 4.43. The minimum absolute atomic E-state index is 0.134. The molecule has 2 nitrogen and oxygen atoms in total. The van der Waals surface area contributed by atoms with Gasteiger partial charge in [0.25, 0.3) is 0 Å². The van der Waals surface area contributed by atoms with Crippen LogP contribution in [0, 0.1) is 20.8 Å². The second-order valence-corrected chi connectivity index (χ2v) is 5.64. The molecule has 17 heavy (non-hydrogen) atoms. The SMILES string of the molecule is Cc1cc(C)c(C2(O)CCCC(N)C2)cc1C. The predicted octanol–water partition coefficient (Wildman–Crippen LogP) is 2.70. The van der Waals surface area contributed by atoms with Crippen LogP contribution in [0.25, 0.3) is 0 Å². The van der Waals surface area contributed by atoms with Gasteiger partial charge < -0.3 is 10.8 Å². The highest BCUT2D eigenvalue weighted by molar-refractivity contribution is 5.40. The van der Waals surface area contributed by atoms with E-state index in [1.165, 1.54) is 16.7 Å². The molecule has 94 valence electrons. The fourth-order valence-electron chi connectivity index (χ4n) is 3.00. The van der Waals surface area contributed by atoms with Gasteiger partial charge in [-0.2, -0.15) is 0 Å². The molecule has 2 atom stereocenters. The van der Waals surface area contributed by atoms with E-state index in [1.807, 2.05) is 0 Å². The Balaban J connectivity index is 2.41. The van der Waals surface area contributed by atoms with Crippen LogP contribution in [-0.2, 0) is 5.60 Å². The lowest BCUT2D eigenvalue weighted by Crippen LogP contribution is -2.39. The zero-order valence-corrected chi connectivity index (χ0v) is 11.1. The highest BCUT2D eigenvalue weighted by Gasteiger charge is 2.35. The number of nitrogens with two attached hydrogens (primary N) is 1. The highest BCUT2D eigenvalue weighted by Crippen LogP contribution is 2.38. The molecule has 2 rings (SSSR count). The second-order valence-electron chi connectivity index (χ2n) is 5.64. The van der Waals surface area contributed by atoms with Crippen molar-refractivity contribution in [3.63, 3.8) is 0 Å². The van der Waals surface area contributed by atoms with Crippen molar-refractivity contribution in [3.8, 4) is 0 Å². The standard InChI is InChI=1S/C15H23NO/c1-10-7-12(3)14(8-11(10)2)15(17)6-4-5-13(16)9-15/h7-8,13,17H,4-6,9,16H2,1-3H3. The van der Waals surface area contributed by atoms with Crippen molar-refractivity contribution < 1.29 is 5.11 Å². The molecule has 1 aromatic rings. The number of hydrogen-bond donors (Lipinski definition) is 2. The predicted molar refractivity (Wildman–Crippen MR) is 71.0 cm³/mol. The molecule has 0 aromatic heterocycles. The lowest BCUT2D eigenvalue weighted by Gasteiger charge is -2.37. The first kappa shape index (κ1) is 12.6. The van der Waals surface area contributed by atoms with Crippen molar-refractivity contribution >= 4 is 0 Å². The van der Waals surface area contributed by atoms with Gasteiger partial charge in [-0.25, -0.2) is 0 Å². The fraction of sp³-hybridized carbons (Fsp3) is 0.600. The summed E-state index contributed by atoms with van der Waals surface area (Å²) in [4.78, 5) is 0. The molecule has 2 unspecified atom stereocenters. The van der Waals surface area contributed by atoms with E-state index in [-0.39, 0.29) is 6.04 Å². The molecule has 0 saturated heterocycles. The number of aliphatic hydroxyl groups is 1. The maximum absolute atomic E-state index is 10.8. The Morgan fingerprint density at radius 2 is 1.82 bits per heavy atom. The van der Waals surface area contributed by atoms with E-state index in [4.69, 9.17) is 5.73 Å². The van der Waals surface area contributed by atoms with Gasteiger partial charge >= 0.3 is 0 Å². The molecule has 0 bridgehead atoms. The van der Waals surface area contributed by atoms with Crippen molar-refractivity contribution in [2.24, 2.45) is 5.73 Å². The first-order chi connectivity index (χ1) is 7.92. The highest BCUT2D eigenvalue weighted by atomic mass is 16.3. The number of rotatable bonds is 1. The van der Waals surface area contributed by atoms with E-state index in [0.29, 0.717) is 6.42 Å². The minimum atomic E-state index is -0.708. The third kappa shape index (κ3) is 2.38. The molecule has 1 aromatic carbocycles. The molecule has 1 fully saturated rings. The van der Waals surface area contributed by atoms with Crippen molar-refractivity contribution in [3.05, 3.63) is 34.4 Å². The molecule has 0 spiro atoms. The molecule has 0 heterocycles. The quantitative estimate of drug-likeness (QED) is 0.783. The summed E-state index contributed by atoms with van der Waals surface area (Å²) in [5.74, 6) is 0. The van der Waals surface area contributed by atoms with Crippen molar-refractivity contribution in [2.75, 3.05) is 0 Å². The third-order valence-electron chi connectivity index (χ3n) is 4.11. The van der Waals surface area contributed by atoms with Crippen LogP contribution in [0.3, 0.4) is 0 Å². The Kier molecular flexibility index (Phi) is 3.28. The molecule has 1 aliphatic rings. The Bertz CT molecular complexity index is 427. The summed E-state index contributed by atoms with van der Waals surface area (Å²) >= 11 is 0. The lowest BCUT2D eigenvalue weighted by molar-refractivity contribution is -0.00774. The summed E-state index contributed by atoms with van der Waals surface area (Å²) in [5.41, 5.74) is 10.1. The largest absolute Gasteiger partial charge is 0.385 e. The summed E-state index contributed by atoms with van der Waals surface area (Å²) < 4.78 is 0. The monoisotopic (exact) mass is 233 g/mol. The van der Waals surface area contributed by atoms with Crippen LogP contribution in [0.5, 0.6) is 0 Å². The first-order valence-corrected chi connectivity index (χ1v) is 6.49. The van der Waals surface area contributed by atoms with Gasteiger partial charge in [0, 0.05) is 6.04 Å². The van der Waals surface area contributed by atoms with Crippen LogP contribution in [0.4, 0.5) is 0 Å². The van der Waals surface area contributed by atoms with Crippen LogP contribution in [0.1, 0.15) is 47.9 Å². The Morgan fingerprint density at radius 1 is 1.18 bits per heavy atom. The van der Waals surface area contributed by atoms with Crippen LogP contribution in [-0.4, -0.2) is 11.1 Å². The van der Waals surface area contributed by atoms with E-state index in [1.54, 1.807) is 0 Å². The average molecular weight is 233 g/mol. The first-order valence-electron chi connectivity index (χ1n) is 6.49. The van der Waals surface area contributed by atoms with Gasteiger partial charge in [-0.05, 0) is 68.7 Å². The van der Waals surface area contributed by atoms with E-state index in [2.05, 4.69) is 32.9 Å².